The Morgan fingerprint density at radius 1 is 1.10 bits per heavy atom. The molecule has 1 N–H and O–H groups in total. The van der Waals surface area contributed by atoms with Crippen molar-refractivity contribution < 1.29 is 9.53 Å². The number of benzene rings is 2. The molecule has 0 aliphatic carbocycles. The van der Waals surface area contributed by atoms with Crippen LogP contribution in [0.25, 0.3) is 0 Å². The van der Waals surface area contributed by atoms with E-state index in [0.29, 0.717) is 12.1 Å². The molecule has 0 aliphatic heterocycles. The number of hydrogen-bond donors (Lipinski definition) is 1. The minimum Gasteiger partial charge on any atom is -0.497 e. The van der Waals surface area contributed by atoms with Crippen LogP contribution < -0.4 is 15.0 Å². The lowest BCUT2D eigenvalue weighted by Gasteiger charge is -2.23. The lowest BCUT2D eigenvalue weighted by atomic mass is 10.1. The predicted octanol–water partition coefficient (Wildman–Crippen LogP) is 2.56. The molecule has 4 nitrogen and oxygen atoms in total. The van der Waals surface area contributed by atoms with Crippen molar-refractivity contribution in [3.05, 3.63) is 60.2 Å². The SMILES string of the molecule is CNCCN(C(=O)c1ccccc1)c1ccc(OC)cc1. The van der Waals surface area contributed by atoms with Gasteiger partial charge >= 0.3 is 0 Å². The zero-order valence-electron chi connectivity index (χ0n) is 12.4. The van der Waals surface area contributed by atoms with Gasteiger partial charge in [0.2, 0.25) is 0 Å². The molecule has 2 rings (SSSR count). The van der Waals surface area contributed by atoms with Crippen LogP contribution in [0.15, 0.2) is 54.6 Å². The number of rotatable bonds is 6. The third kappa shape index (κ3) is 3.83. The van der Waals surface area contributed by atoms with E-state index in [4.69, 9.17) is 4.74 Å². The third-order valence-corrected chi connectivity index (χ3v) is 3.24. The summed E-state index contributed by atoms with van der Waals surface area (Å²) in [5.74, 6) is 0.774. The van der Waals surface area contributed by atoms with E-state index in [9.17, 15) is 4.79 Å². The van der Waals surface area contributed by atoms with Crippen LogP contribution in [0.2, 0.25) is 0 Å². The molecule has 21 heavy (non-hydrogen) atoms. The van der Waals surface area contributed by atoms with Gasteiger partial charge in [-0.1, -0.05) is 18.2 Å². The summed E-state index contributed by atoms with van der Waals surface area (Å²) in [7, 11) is 3.50. The zero-order valence-corrected chi connectivity index (χ0v) is 12.4. The minimum atomic E-state index is -0.00369. The van der Waals surface area contributed by atoms with Crippen LogP contribution in [0.3, 0.4) is 0 Å². The van der Waals surface area contributed by atoms with Gasteiger partial charge in [-0.3, -0.25) is 4.79 Å². The van der Waals surface area contributed by atoms with Crippen molar-refractivity contribution in [3.8, 4) is 5.75 Å². The summed E-state index contributed by atoms with van der Waals surface area (Å²) in [6.07, 6.45) is 0. The highest BCUT2D eigenvalue weighted by Crippen LogP contribution is 2.21. The van der Waals surface area contributed by atoms with E-state index in [1.807, 2.05) is 61.6 Å². The number of carbonyl (C=O) groups excluding carboxylic acids is 1. The van der Waals surface area contributed by atoms with E-state index in [1.165, 1.54) is 0 Å². The van der Waals surface area contributed by atoms with Crippen molar-refractivity contribution in [2.75, 3.05) is 32.1 Å². The van der Waals surface area contributed by atoms with E-state index in [1.54, 1.807) is 12.0 Å². The van der Waals surface area contributed by atoms with E-state index in [0.717, 1.165) is 18.0 Å². The number of methoxy groups -OCH3 is 1. The third-order valence-electron chi connectivity index (χ3n) is 3.24. The van der Waals surface area contributed by atoms with Gasteiger partial charge in [-0.2, -0.15) is 0 Å². The fourth-order valence-corrected chi connectivity index (χ4v) is 2.07. The minimum absolute atomic E-state index is 0.00369. The van der Waals surface area contributed by atoms with Crippen LogP contribution in [-0.4, -0.2) is 33.2 Å². The molecule has 2 aromatic carbocycles. The first-order chi connectivity index (χ1) is 10.3. The van der Waals surface area contributed by atoms with E-state index in [2.05, 4.69) is 5.32 Å². The maximum atomic E-state index is 12.7. The van der Waals surface area contributed by atoms with Gasteiger partial charge in [-0.25, -0.2) is 0 Å². The number of amides is 1. The normalized spacial score (nSPS) is 10.2. The zero-order chi connectivity index (χ0) is 15.1. The van der Waals surface area contributed by atoms with Crippen molar-refractivity contribution in [2.24, 2.45) is 0 Å². The molecule has 1 amide bonds. The standard InChI is InChI=1S/C17H20N2O2/c1-18-12-13-19(15-8-10-16(21-2)11-9-15)17(20)14-6-4-3-5-7-14/h3-11,18H,12-13H2,1-2H3. The first kappa shape index (κ1) is 15.1. The summed E-state index contributed by atoms with van der Waals surface area (Å²) < 4.78 is 5.16. The Kier molecular flexibility index (Phi) is 5.35. The average Bonchev–Trinajstić information content (AvgIpc) is 2.56. The van der Waals surface area contributed by atoms with Crippen molar-refractivity contribution in [1.82, 2.24) is 5.32 Å². The second-order valence-corrected chi connectivity index (χ2v) is 4.62. The summed E-state index contributed by atoms with van der Waals surface area (Å²) in [6, 6.07) is 16.8. The Labute approximate surface area is 125 Å². The number of nitrogens with zero attached hydrogens (tertiary/aromatic N) is 1. The molecule has 4 heteroatoms. The Hall–Kier alpha value is -2.33. The fourth-order valence-electron chi connectivity index (χ4n) is 2.07. The fraction of sp³-hybridized carbons (Fsp3) is 0.235. The molecular weight excluding hydrogens is 264 g/mol. The molecule has 0 saturated carbocycles. The maximum Gasteiger partial charge on any atom is 0.258 e. The second kappa shape index (κ2) is 7.45. The summed E-state index contributed by atoms with van der Waals surface area (Å²) >= 11 is 0. The van der Waals surface area contributed by atoms with Crippen molar-refractivity contribution in [3.63, 3.8) is 0 Å². The Bertz CT molecular complexity index is 567. The molecule has 2 aromatic rings. The smallest absolute Gasteiger partial charge is 0.258 e. The number of carbonyl (C=O) groups is 1. The highest BCUT2D eigenvalue weighted by Gasteiger charge is 2.16. The van der Waals surface area contributed by atoms with Gasteiger partial charge < -0.3 is 15.0 Å². The Morgan fingerprint density at radius 2 is 1.76 bits per heavy atom. The highest BCUT2D eigenvalue weighted by atomic mass is 16.5. The molecule has 0 fully saturated rings. The maximum absolute atomic E-state index is 12.7. The molecule has 110 valence electrons. The molecule has 0 unspecified atom stereocenters. The topological polar surface area (TPSA) is 41.6 Å². The number of anilines is 1. The van der Waals surface area contributed by atoms with Gasteiger partial charge in [0.25, 0.3) is 5.91 Å². The number of likely N-dealkylation sites (N-methyl/N-ethyl adjacent to an activating group) is 1. The molecule has 0 radical (unpaired) electrons. The van der Waals surface area contributed by atoms with E-state index in [-0.39, 0.29) is 5.91 Å². The molecule has 0 aromatic heterocycles. The first-order valence-corrected chi connectivity index (χ1v) is 6.92. The largest absolute Gasteiger partial charge is 0.497 e. The predicted molar refractivity (Wildman–Crippen MR) is 85.0 cm³/mol. The summed E-state index contributed by atoms with van der Waals surface area (Å²) in [5.41, 5.74) is 1.55. The molecule has 0 aliphatic rings. The van der Waals surface area contributed by atoms with Crippen LogP contribution in [0, 0.1) is 0 Å². The van der Waals surface area contributed by atoms with Gasteiger partial charge in [0.15, 0.2) is 0 Å². The summed E-state index contributed by atoms with van der Waals surface area (Å²) in [4.78, 5) is 14.4. The van der Waals surface area contributed by atoms with Crippen molar-refractivity contribution in [1.29, 1.82) is 0 Å². The van der Waals surface area contributed by atoms with Gasteiger partial charge in [0.1, 0.15) is 5.75 Å². The van der Waals surface area contributed by atoms with Crippen molar-refractivity contribution in [2.45, 2.75) is 0 Å². The highest BCUT2D eigenvalue weighted by molar-refractivity contribution is 6.06. The first-order valence-electron chi connectivity index (χ1n) is 6.92. The number of hydrogen-bond acceptors (Lipinski definition) is 3. The van der Waals surface area contributed by atoms with Gasteiger partial charge in [-0.05, 0) is 43.4 Å². The molecule has 0 saturated heterocycles. The molecule has 0 spiro atoms. The number of ether oxygens (including phenoxy) is 1. The van der Waals surface area contributed by atoms with E-state index >= 15 is 0 Å². The van der Waals surface area contributed by atoms with Crippen LogP contribution in [0.1, 0.15) is 10.4 Å². The molecular formula is C17H20N2O2. The van der Waals surface area contributed by atoms with Crippen molar-refractivity contribution >= 4 is 11.6 Å². The average molecular weight is 284 g/mol. The second-order valence-electron chi connectivity index (χ2n) is 4.62. The van der Waals surface area contributed by atoms with Crippen LogP contribution >= 0.6 is 0 Å². The lowest BCUT2D eigenvalue weighted by molar-refractivity contribution is 0.0987. The van der Waals surface area contributed by atoms with Crippen LogP contribution in [0.4, 0.5) is 5.69 Å². The van der Waals surface area contributed by atoms with Crippen LogP contribution in [0.5, 0.6) is 5.75 Å². The van der Waals surface area contributed by atoms with Crippen LogP contribution in [-0.2, 0) is 0 Å². The quantitative estimate of drug-likeness (QED) is 0.886. The molecule has 0 bridgehead atoms. The van der Waals surface area contributed by atoms with Gasteiger partial charge in [-0.15, -0.1) is 0 Å². The Morgan fingerprint density at radius 3 is 2.33 bits per heavy atom. The monoisotopic (exact) mass is 284 g/mol. The summed E-state index contributed by atoms with van der Waals surface area (Å²) in [5, 5.41) is 3.08. The molecule has 0 atom stereocenters. The number of nitrogens with one attached hydrogen (secondary N) is 1. The molecule has 0 heterocycles. The van der Waals surface area contributed by atoms with Gasteiger partial charge in [0, 0.05) is 24.3 Å². The summed E-state index contributed by atoms with van der Waals surface area (Å²) in [6.45, 7) is 1.33. The Balaban J connectivity index is 2.26. The van der Waals surface area contributed by atoms with E-state index < -0.39 is 0 Å². The van der Waals surface area contributed by atoms with Gasteiger partial charge in [0.05, 0.1) is 7.11 Å². The lowest BCUT2D eigenvalue weighted by Crippen LogP contribution is -2.36.